The number of aromatic nitrogens is 2. The number of anilines is 1. The minimum Gasteiger partial charge on any atom is -0.356 e. The molecule has 1 aliphatic heterocycles. The molecule has 0 saturated carbocycles. The van der Waals surface area contributed by atoms with Crippen LogP contribution in [0.25, 0.3) is 5.69 Å². The number of nitrogens with zero attached hydrogens (tertiary/aromatic N) is 3. The zero-order valence-electron chi connectivity index (χ0n) is 16.7. The normalized spacial score (nSPS) is 15.6. The number of benzene rings is 2. The molecule has 8 heteroatoms. The van der Waals surface area contributed by atoms with Crippen molar-refractivity contribution in [3.8, 4) is 5.69 Å². The first-order valence-corrected chi connectivity index (χ1v) is 9.64. The highest BCUT2D eigenvalue weighted by Gasteiger charge is 2.24. The summed E-state index contributed by atoms with van der Waals surface area (Å²) in [6, 6.07) is 16.1. The molecule has 0 radical (unpaired) electrons. The Labute approximate surface area is 193 Å². The summed E-state index contributed by atoms with van der Waals surface area (Å²) < 4.78 is 1.99. The van der Waals surface area contributed by atoms with Gasteiger partial charge in [-0.25, -0.2) is 4.98 Å². The van der Waals surface area contributed by atoms with E-state index in [4.69, 9.17) is 0 Å². The largest absolute Gasteiger partial charge is 0.356 e. The van der Waals surface area contributed by atoms with Gasteiger partial charge >= 0.3 is 0 Å². The molecular weight excluding hydrogens is 491 g/mol. The van der Waals surface area contributed by atoms with Gasteiger partial charge in [-0.3, -0.25) is 9.79 Å². The van der Waals surface area contributed by atoms with Crippen LogP contribution in [0.1, 0.15) is 23.5 Å². The maximum Gasteiger partial charge on any atom is 0.225 e. The third-order valence-corrected chi connectivity index (χ3v) is 5.07. The summed E-state index contributed by atoms with van der Waals surface area (Å²) in [5.74, 6) is 0.860. The molecule has 1 aromatic heterocycles. The average Bonchev–Trinajstić information content (AvgIpc) is 3.28. The Hall–Kier alpha value is -2.88. The molecule has 0 fully saturated rings. The summed E-state index contributed by atoms with van der Waals surface area (Å²) in [4.78, 5) is 20.5. The van der Waals surface area contributed by atoms with Crippen LogP contribution in [-0.2, 0) is 11.3 Å². The number of carbonyl (C=O) groups is 1. The van der Waals surface area contributed by atoms with Gasteiger partial charge in [-0.1, -0.05) is 36.4 Å². The van der Waals surface area contributed by atoms with Crippen molar-refractivity contribution in [1.29, 1.82) is 0 Å². The summed E-state index contributed by atoms with van der Waals surface area (Å²) in [6.07, 6.45) is 5.95. The summed E-state index contributed by atoms with van der Waals surface area (Å²) in [5.41, 5.74) is 4.26. The molecule has 0 bridgehead atoms. The van der Waals surface area contributed by atoms with Crippen molar-refractivity contribution < 1.29 is 4.79 Å². The van der Waals surface area contributed by atoms with Crippen LogP contribution in [0.5, 0.6) is 0 Å². The molecule has 2 heterocycles. The second-order valence-electron chi connectivity index (χ2n) is 6.94. The standard InChI is InChI=1S/C22H24N6O.HI/c1-23-22(25-13-16-6-2-5-9-20(16)28-11-10-24-15-28)26-14-17-12-21(29)27-19-8-4-3-7-18(17)19;/h2-11,15,17H,12-14H2,1H3,(H,27,29)(H2,23,25,26);1H. The number of hydrogen-bond acceptors (Lipinski definition) is 3. The molecule has 3 aromatic rings. The minimum absolute atomic E-state index is 0. The molecule has 2 aromatic carbocycles. The van der Waals surface area contributed by atoms with E-state index in [1.165, 1.54) is 0 Å². The van der Waals surface area contributed by atoms with Crippen molar-refractivity contribution in [2.24, 2.45) is 4.99 Å². The first kappa shape index (κ1) is 21.8. The Morgan fingerprint density at radius 3 is 2.80 bits per heavy atom. The number of nitrogens with one attached hydrogen (secondary N) is 3. The van der Waals surface area contributed by atoms with Crippen LogP contribution in [0, 0.1) is 0 Å². The van der Waals surface area contributed by atoms with Gasteiger partial charge in [0.25, 0.3) is 0 Å². The maximum absolute atomic E-state index is 12.0. The molecule has 1 aliphatic rings. The number of halogens is 1. The van der Waals surface area contributed by atoms with Crippen molar-refractivity contribution in [3.63, 3.8) is 0 Å². The molecule has 0 aliphatic carbocycles. The first-order valence-electron chi connectivity index (χ1n) is 9.64. The Morgan fingerprint density at radius 2 is 2.00 bits per heavy atom. The molecule has 1 unspecified atom stereocenters. The Bertz CT molecular complexity index is 1020. The maximum atomic E-state index is 12.0. The zero-order valence-corrected chi connectivity index (χ0v) is 19.0. The lowest BCUT2D eigenvalue weighted by molar-refractivity contribution is -0.116. The highest BCUT2D eigenvalue weighted by molar-refractivity contribution is 14.0. The van der Waals surface area contributed by atoms with E-state index in [0.717, 1.165) is 22.5 Å². The van der Waals surface area contributed by atoms with Gasteiger partial charge in [-0.15, -0.1) is 24.0 Å². The molecule has 0 saturated heterocycles. The van der Waals surface area contributed by atoms with Gasteiger partial charge in [0.1, 0.15) is 0 Å². The minimum atomic E-state index is 0. The first-order chi connectivity index (χ1) is 14.2. The van der Waals surface area contributed by atoms with Crippen LogP contribution >= 0.6 is 24.0 Å². The number of guanidine groups is 1. The van der Waals surface area contributed by atoms with Crippen molar-refractivity contribution in [1.82, 2.24) is 20.2 Å². The molecule has 156 valence electrons. The van der Waals surface area contributed by atoms with Gasteiger partial charge in [0.15, 0.2) is 5.96 Å². The topological polar surface area (TPSA) is 83.3 Å². The number of para-hydroxylation sites is 2. The molecule has 0 spiro atoms. The smallest absolute Gasteiger partial charge is 0.225 e. The number of aliphatic imine (C=N–C) groups is 1. The van der Waals surface area contributed by atoms with E-state index in [1.807, 2.05) is 41.1 Å². The van der Waals surface area contributed by atoms with Gasteiger partial charge in [-0.2, -0.15) is 0 Å². The quantitative estimate of drug-likeness (QED) is 0.276. The third kappa shape index (κ3) is 4.99. The number of carbonyl (C=O) groups excluding carboxylic acids is 1. The van der Waals surface area contributed by atoms with E-state index >= 15 is 0 Å². The van der Waals surface area contributed by atoms with Crippen LogP contribution in [0.3, 0.4) is 0 Å². The highest BCUT2D eigenvalue weighted by Crippen LogP contribution is 2.31. The summed E-state index contributed by atoms with van der Waals surface area (Å²) in [6.45, 7) is 1.25. The van der Waals surface area contributed by atoms with Crippen LogP contribution in [-0.4, -0.2) is 35.0 Å². The zero-order chi connectivity index (χ0) is 20.1. The number of imidazole rings is 1. The lowest BCUT2D eigenvalue weighted by Gasteiger charge is -2.26. The van der Waals surface area contributed by atoms with Gasteiger partial charge in [0.2, 0.25) is 5.91 Å². The van der Waals surface area contributed by atoms with E-state index in [-0.39, 0.29) is 35.8 Å². The Kier molecular flexibility index (Phi) is 7.45. The monoisotopic (exact) mass is 516 g/mol. The second-order valence-corrected chi connectivity index (χ2v) is 6.94. The van der Waals surface area contributed by atoms with Gasteiger partial charge in [0, 0.05) is 50.6 Å². The Morgan fingerprint density at radius 1 is 1.20 bits per heavy atom. The fourth-order valence-electron chi connectivity index (χ4n) is 3.62. The molecular formula is C22H25IN6O. The lowest BCUT2D eigenvalue weighted by atomic mass is 9.90. The van der Waals surface area contributed by atoms with E-state index < -0.39 is 0 Å². The number of amides is 1. The van der Waals surface area contributed by atoms with Gasteiger partial charge < -0.3 is 20.5 Å². The van der Waals surface area contributed by atoms with Crippen LogP contribution < -0.4 is 16.0 Å². The predicted molar refractivity (Wildman–Crippen MR) is 130 cm³/mol. The van der Waals surface area contributed by atoms with Crippen LogP contribution in [0.15, 0.2) is 72.2 Å². The molecule has 3 N–H and O–H groups in total. The van der Waals surface area contributed by atoms with Gasteiger partial charge in [0.05, 0.1) is 12.0 Å². The van der Waals surface area contributed by atoms with Crippen molar-refractivity contribution in [2.75, 3.05) is 18.9 Å². The fourth-order valence-corrected chi connectivity index (χ4v) is 3.62. The SMILES string of the molecule is CN=C(NCc1ccccc1-n1ccnc1)NCC1CC(=O)Nc2ccccc21.I. The van der Waals surface area contributed by atoms with Crippen LogP contribution in [0.2, 0.25) is 0 Å². The van der Waals surface area contributed by atoms with Crippen molar-refractivity contribution in [2.45, 2.75) is 18.9 Å². The number of fused-ring (bicyclic) bond motifs is 1. The summed E-state index contributed by atoms with van der Waals surface area (Å²) >= 11 is 0. The molecule has 30 heavy (non-hydrogen) atoms. The van der Waals surface area contributed by atoms with E-state index in [0.29, 0.717) is 25.5 Å². The number of rotatable bonds is 5. The fraction of sp³-hybridized carbons (Fsp3) is 0.227. The predicted octanol–water partition coefficient (Wildman–Crippen LogP) is 3.28. The van der Waals surface area contributed by atoms with Crippen molar-refractivity contribution >= 4 is 41.5 Å². The van der Waals surface area contributed by atoms with Gasteiger partial charge in [-0.05, 0) is 23.3 Å². The van der Waals surface area contributed by atoms with E-state index in [1.54, 1.807) is 19.6 Å². The van der Waals surface area contributed by atoms with Crippen molar-refractivity contribution in [3.05, 3.63) is 78.4 Å². The van der Waals surface area contributed by atoms with E-state index in [9.17, 15) is 4.79 Å². The lowest BCUT2D eigenvalue weighted by Crippen LogP contribution is -2.40. The second kappa shape index (κ2) is 10.2. The average molecular weight is 516 g/mol. The Balaban J connectivity index is 0.00000256. The summed E-state index contributed by atoms with van der Waals surface area (Å²) in [7, 11) is 1.75. The molecule has 7 nitrogen and oxygen atoms in total. The molecule has 1 amide bonds. The molecule has 4 rings (SSSR count). The van der Waals surface area contributed by atoms with E-state index in [2.05, 4.69) is 44.1 Å². The molecule has 1 atom stereocenters. The summed E-state index contributed by atoms with van der Waals surface area (Å²) in [5, 5.41) is 9.67. The highest BCUT2D eigenvalue weighted by atomic mass is 127. The van der Waals surface area contributed by atoms with Crippen LogP contribution in [0.4, 0.5) is 5.69 Å². The number of hydrogen-bond donors (Lipinski definition) is 3. The third-order valence-electron chi connectivity index (χ3n) is 5.07.